The molecule has 0 aliphatic carbocycles. The Bertz CT molecular complexity index is 635. The molecule has 0 bridgehead atoms. The standard InChI is InChI=1S/C19H35N5O6/c1-9(2)8-13(18(28)24-15(10(3)4)19(29)30)23-17(27)12(6-7-14(21)25)22-16(26)11(5)20/h9-13,15H,6-8,20H2,1-5H3,(H2,21,25)(H,22,26)(H,23,27)(H,24,28)(H,29,30). The number of carboxylic acid groups (broad SMARTS) is 1. The zero-order valence-corrected chi connectivity index (χ0v) is 18.2. The quantitative estimate of drug-likeness (QED) is 0.212. The van der Waals surface area contributed by atoms with Crippen LogP contribution in [0.2, 0.25) is 0 Å². The van der Waals surface area contributed by atoms with Crippen molar-refractivity contribution in [3.63, 3.8) is 0 Å². The first kappa shape index (κ1) is 27.3. The van der Waals surface area contributed by atoms with Gasteiger partial charge in [0.15, 0.2) is 0 Å². The molecule has 0 saturated heterocycles. The van der Waals surface area contributed by atoms with Gasteiger partial charge in [0.05, 0.1) is 6.04 Å². The van der Waals surface area contributed by atoms with Gasteiger partial charge in [-0.1, -0.05) is 27.7 Å². The minimum atomic E-state index is -1.18. The number of aliphatic carboxylic acids is 1. The summed E-state index contributed by atoms with van der Waals surface area (Å²) in [5, 5.41) is 16.7. The van der Waals surface area contributed by atoms with E-state index in [1.54, 1.807) is 13.8 Å². The lowest BCUT2D eigenvalue weighted by molar-refractivity contribution is -0.143. The van der Waals surface area contributed by atoms with Crippen molar-refractivity contribution < 1.29 is 29.1 Å². The Hall–Kier alpha value is -2.69. The molecule has 11 heteroatoms. The van der Waals surface area contributed by atoms with Crippen LogP contribution in [0.4, 0.5) is 0 Å². The molecule has 0 saturated carbocycles. The number of rotatable bonds is 13. The van der Waals surface area contributed by atoms with Gasteiger partial charge in [0.1, 0.15) is 18.1 Å². The zero-order chi connectivity index (χ0) is 23.6. The summed E-state index contributed by atoms with van der Waals surface area (Å²) in [5.74, 6) is -4.14. The lowest BCUT2D eigenvalue weighted by Gasteiger charge is -2.26. The number of hydrogen-bond donors (Lipinski definition) is 6. The molecule has 172 valence electrons. The summed E-state index contributed by atoms with van der Waals surface area (Å²) in [6.45, 7) is 8.42. The third-order valence-corrected chi connectivity index (χ3v) is 4.30. The van der Waals surface area contributed by atoms with E-state index >= 15 is 0 Å². The van der Waals surface area contributed by atoms with E-state index < -0.39 is 53.8 Å². The first-order valence-corrected chi connectivity index (χ1v) is 9.94. The summed E-state index contributed by atoms with van der Waals surface area (Å²) < 4.78 is 0. The van der Waals surface area contributed by atoms with Crippen molar-refractivity contribution in [3.05, 3.63) is 0 Å². The zero-order valence-electron chi connectivity index (χ0n) is 18.2. The van der Waals surface area contributed by atoms with Crippen molar-refractivity contribution in [2.24, 2.45) is 23.3 Å². The van der Waals surface area contributed by atoms with Crippen molar-refractivity contribution in [1.29, 1.82) is 0 Å². The molecule has 0 heterocycles. The van der Waals surface area contributed by atoms with Crippen molar-refractivity contribution in [2.45, 2.75) is 78.0 Å². The number of carboxylic acids is 1. The average molecular weight is 430 g/mol. The summed E-state index contributed by atoms with van der Waals surface area (Å²) in [7, 11) is 0. The van der Waals surface area contributed by atoms with Crippen molar-refractivity contribution >= 4 is 29.6 Å². The van der Waals surface area contributed by atoms with Crippen LogP contribution in [0.25, 0.3) is 0 Å². The molecule has 11 nitrogen and oxygen atoms in total. The van der Waals surface area contributed by atoms with Gasteiger partial charge in [0.2, 0.25) is 23.6 Å². The fourth-order valence-electron chi connectivity index (χ4n) is 2.60. The van der Waals surface area contributed by atoms with Crippen LogP contribution in [0.5, 0.6) is 0 Å². The van der Waals surface area contributed by atoms with Gasteiger partial charge in [-0.05, 0) is 31.6 Å². The van der Waals surface area contributed by atoms with Crippen molar-refractivity contribution in [3.8, 4) is 0 Å². The Balaban J connectivity index is 5.46. The van der Waals surface area contributed by atoms with Crippen LogP contribution in [-0.2, 0) is 24.0 Å². The van der Waals surface area contributed by atoms with Crippen LogP contribution in [0.3, 0.4) is 0 Å². The number of primary amides is 1. The predicted octanol–water partition coefficient (Wildman–Crippen LogP) is -1.16. The third kappa shape index (κ3) is 10.2. The highest BCUT2D eigenvalue weighted by molar-refractivity contribution is 5.94. The molecule has 0 aliphatic rings. The summed E-state index contributed by atoms with van der Waals surface area (Å²) in [4.78, 5) is 59.8. The lowest BCUT2D eigenvalue weighted by atomic mass is 10.00. The molecule has 0 fully saturated rings. The van der Waals surface area contributed by atoms with Gasteiger partial charge >= 0.3 is 5.97 Å². The van der Waals surface area contributed by atoms with Crippen LogP contribution in [0.15, 0.2) is 0 Å². The summed E-state index contributed by atoms with van der Waals surface area (Å²) in [6, 6.07) is -4.15. The van der Waals surface area contributed by atoms with Crippen LogP contribution in [-0.4, -0.2) is 58.9 Å². The molecule has 0 rings (SSSR count). The van der Waals surface area contributed by atoms with Crippen LogP contribution >= 0.6 is 0 Å². The van der Waals surface area contributed by atoms with Crippen LogP contribution < -0.4 is 27.4 Å². The molecule has 0 aliphatic heterocycles. The Morgan fingerprint density at radius 1 is 0.833 bits per heavy atom. The molecular weight excluding hydrogens is 394 g/mol. The molecule has 0 spiro atoms. The number of amides is 4. The second-order valence-electron chi connectivity index (χ2n) is 8.11. The minimum absolute atomic E-state index is 0.00565. The number of nitrogens with one attached hydrogen (secondary N) is 3. The van der Waals surface area contributed by atoms with E-state index in [1.165, 1.54) is 6.92 Å². The molecule has 4 atom stereocenters. The molecule has 0 aromatic rings. The molecule has 8 N–H and O–H groups in total. The topological polar surface area (TPSA) is 194 Å². The monoisotopic (exact) mass is 429 g/mol. The minimum Gasteiger partial charge on any atom is -0.480 e. The average Bonchev–Trinajstić information content (AvgIpc) is 2.60. The van der Waals surface area contributed by atoms with E-state index in [9.17, 15) is 29.1 Å². The maximum absolute atomic E-state index is 12.7. The van der Waals surface area contributed by atoms with Gasteiger partial charge in [-0.15, -0.1) is 0 Å². The first-order chi connectivity index (χ1) is 13.8. The van der Waals surface area contributed by atoms with Gasteiger partial charge in [-0.25, -0.2) is 4.79 Å². The Morgan fingerprint density at radius 3 is 1.73 bits per heavy atom. The fraction of sp³-hybridized carbons (Fsp3) is 0.737. The predicted molar refractivity (Wildman–Crippen MR) is 110 cm³/mol. The van der Waals surface area contributed by atoms with E-state index in [-0.39, 0.29) is 31.1 Å². The highest BCUT2D eigenvalue weighted by Gasteiger charge is 2.31. The summed E-state index contributed by atoms with van der Waals surface area (Å²) >= 11 is 0. The van der Waals surface area contributed by atoms with Crippen molar-refractivity contribution in [1.82, 2.24) is 16.0 Å². The number of nitrogens with two attached hydrogens (primary N) is 2. The Morgan fingerprint density at radius 2 is 1.33 bits per heavy atom. The van der Waals surface area contributed by atoms with Gasteiger partial charge < -0.3 is 32.5 Å². The molecule has 0 aromatic heterocycles. The second-order valence-corrected chi connectivity index (χ2v) is 8.11. The highest BCUT2D eigenvalue weighted by Crippen LogP contribution is 2.09. The maximum atomic E-state index is 12.7. The number of carbonyl (C=O) groups is 5. The second kappa shape index (κ2) is 12.8. The smallest absolute Gasteiger partial charge is 0.326 e. The van der Waals surface area contributed by atoms with E-state index in [0.29, 0.717) is 0 Å². The fourth-order valence-corrected chi connectivity index (χ4v) is 2.60. The Labute approximate surface area is 176 Å². The summed E-state index contributed by atoms with van der Waals surface area (Å²) in [5.41, 5.74) is 10.6. The molecule has 0 aromatic carbocycles. The molecule has 4 unspecified atom stereocenters. The van der Waals surface area contributed by atoms with Gasteiger partial charge in [0, 0.05) is 6.42 Å². The molecule has 4 amide bonds. The number of carbonyl (C=O) groups excluding carboxylic acids is 4. The van der Waals surface area contributed by atoms with Crippen LogP contribution in [0, 0.1) is 11.8 Å². The third-order valence-electron chi connectivity index (χ3n) is 4.30. The highest BCUT2D eigenvalue weighted by atomic mass is 16.4. The van der Waals surface area contributed by atoms with Gasteiger partial charge in [-0.2, -0.15) is 0 Å². The van der Waals surface area contributed by atoms with E-state index in [2.05, 4.69) is 16.0 Å². The Kier molecular flexibility index (Phi) is 11.6. The van der Waals surface area contributed by atoms with E-state index in [0.717, 1.165) is 0 Å². The first-order valence-electron chi connectivity index (χ1n) is 9.94. The molecule has 0 radical (unpaired) electrons. The normalized spacial score (nSPS) is 15.1. The largest absolute Gasteiger partial charge is 0.480 e. The SMILES string of the molecule is CC(C)CC(NC(=O)C(CCC(N)=O)NC(=O)C(C)N)C(=O)NC(C(=O)O)C(C)C. The number of hydrogen-bond acceptors (Lipinski definition) is 6. The van der Waals surface area contributed by atoms with Gasteiger partial charge in [0.25, 0.3) is 0 Å². The molecular formula is C19H35N5O6. The van der Waals surface area contributed by atoms with E-state index in [4.69, 9.17) is 11.5 Å². The lowest BCUT2D eigenvalue weighted by Crippen LogP contribution is -2.57. The van der Waals surface area contributed by atoms with Crippen LogP contribution in [0.1, 0.15) is 53.9 Å². The van der Waals surface area contributed by atoms with Gasteiger partial charge in [-0.3, -0.25) is 19.2 Å². The molecule has 30 heavy (non-hydrogen) atoms. The maximum Gasteiger partial charge on any atom is 0.326 e. The van der Waals surface area contributed by atoms with Crippen molar-refractivity contribution in [2.75, 3.05) is 0 Å². The van der Waals surface area contributed by atoms with E-state index in [1.807, 2.05) is 13.8 Å². The summed E-state index contributed by atoms with van der Waals surface area (Å²) in [6.07, 6.45) is 0.0119.